The van der Waals surface area contributed by atoms with Gasteiger partial charge >= 0.3 is 0 Å². The summed E-state index contributed by atoms with van der Waals surface area (Å²) in [5, 5.41) is 2.91. The number of nitrogens with zero attached hydrogens (tertiary/aromatic N) is 2. The molecule has 1 unspecified atom stereocenters. The number of carbonyl (C=O) groups excluding carboxylic acids is 1. The highest BCUT2D eigenvalue weighted by Crippen LogP contribution is 2.24. The number of hydrogen-bond donors (Lipinski definition) is 1. The Morgan fingerprint density at radius 2 is 1.79 bits per heavy atom. The molecular formula is C20H23N3O. The molecule has 0 radical (unpaired) electrons. The van der Waals surface area contributed by atoms with Gasteiger partial charge in [0.05, 0.1) is 23.4 Å². The van der Waals surface area contributed by atoms with Crippen LogP contribution in [-0.2, 0) is 0 Å². The fraction of sp³-hybridized carbons (Fsp3) is 0.300. The second-order valence-corrected chi connectivity index (χ2v) is 6.57. The summed E-state index contributed by atoms with van der Waals surface area (Å²) >= 11 is 0. The van der Waals surface area contributed by atoms with Crippen LogP contribution >= 0.6 is 0 Å². The van der Waals surface area contributed by atoms with Crippen LogP contribution in [0.4, 0.5) is 0 Å². The summed E-state index contributed by atoms with van der Waals surface area (Å²) in [7, 11) is 0. The van der Waals surface area contributed by atoms with E-state index in [4.69, 9.17) is 0 Å². The van der Waals surface area contributed by atoms with E-state index in [-0.39, 0.29) is 18.0 Å². The standard InChI is InChI=1S/C20H23N3O/c1-13(2)22-20(24)17-9-10-19-18(11-17)21-12-23(19)15(4)16-7-5-14(3)6-8-16/h5-13,15H,1-4H3,(H,22,24). The number of carbonyl (C=O) groups is 1. The van der Waals surface area contributed by atoms with E-state index in [1.165, 1.54) is 11.1 Å². The van der Waals surface area contributed by atoms with Gasteiger partial charge in [0.25, 0.3) is 5.91 Å². The molecule has 0 saturated heterocycles. The Morgan fingerprint density at radius 1 is 1.08 bits per heavy atom. The molecule has 1 N–H and O–H groups in total. The van der Waals surface area contributed by atoms with E-state index in [9.17, 15) is 4.79 Å². The monoisotopic (exact) mass is 321 g/mol. The number of fused-ring (bicyclic) bond motifs is 1. The third-order valence-corrected chi connectivity index (χ3v) is 4.23. The van der Waals surface area contributed by atoms with Gasteiger partial charge in [0, 0.05) is 11.6 Å². The molecule has 124 valence electrons. The number of benzene rings is 2. The smallest absolute Gasteiger partial charge is 0.251 e. The Morgan fingerprint density at radius 3 is 2.46 bits per heavy atom. The zero-order valence-corrected chi connectivity index (χ0v) is 14.6. The first-order valence-corrected chi connectivity index (χ1v) is 8.29. The lowest BCUT2D eigenvalue weighted by molar-refractivity contribution is 0.0943. The molecule has 0 bridgehead atoms. The molecule has 0 saturated carbocycles. The Bertz CT molecular complexity index is 862. The number of aryl methyl sites for hydroxylation is 1. The maximum atomic E-state index is 12.1. The summed E-state index contributed by atoms with van der Waals surface area (Å²) in [6, 6.07) is 14.5. The first-order valence-electron chi connectivity index (χ1n) is 8.29. The van der Waals surface area contributed by atoms with Crippen molar-refractivity contribution in [3.05, 3.63) is 65.5 Å². The lowest BCUT2D eigenvalue weighted by Crippen LogP contribution is -2.29. The SMILES string of the molecule is Cc1ccc(C(C)n2cnc3cc(C(=O)NC(C)C)ccc32)cc1. The van der Waals surface area contributed by atoms with E-state index < -0.39 is 0 Å². The molecule has 1 atom stereocenters. The number of amides is 1. The van der Waals surface area contributed by atoms with Gasteiger partial charge in [0.15, 0.2) is 0 Å². The fourth-order valence-electron chi connectivity index (χ4n) is 2.83. The molecule has 3 aromatic rings. The molecule has 4 nitrogen and oxygen atoms in total. The van der Waals surface area contributed by atoms with Gasteiger partial charge in [-0.25, -0.2) is 4.98 Å². The van der Waals surface area contributed by atoms with Crippen molar-refractivity contribution in [3.8, 4) is 0 Å². The minimum absolute atomic E-state index is 0.0620. The van der Waals surface area contributed by atoms with Crippen molar-refractivity contribution in [2.24, 2.45) is 0 Å². The summed E-state index contributed by atoms with van der Waals surface area (Å²) in [4.78, 5) is 16.6. The lowest BCUT2D eigenvalue weighted by atomic mass is 10.1. The predicted molar refractivity (Wildman–Crippen MR) is 97.3 cm³/mol. The van der Waals surface area contributed by atoms with Crippen molar-refractivity contribution < 1.29 is 4.79 Å². The number of aromatic nitrogens is 2. The van der Waals surface area contributed by atoms with Gasteiger partial charge in [-0.15, -0.1) is 0 Å². The highest BCUT2D eigenvalue weighted by Gasteiger charge is 2.14. The molecule has 1 heterocycles. The Kier molecular flexibility index (Phi) is 4.38. The normalized spacial score (nSPS) is 12.5. The van der Waals surface area contributed by atoms with Crippen LogP contribution in [0, 0.1) is 6.92 Å². The summed E-state index contributed by atoms with van der Waals surface area (Å²) in [5.74, 6) is -0.0620. The summed E-state index contributed by atoms with van der Waals surface area (Å²) in [6.07, 6.45) is 1.85. The number of nitrogens with one attached hydrogen (secondary N) is 1. The Balaban J connectivity index is 1.93. The molecule has 1 amide bonds. The second kappa shape index (κ2) is 6.48. The van der Waals surface area contributed by atoms with Crippen molar-refractivity contribution >= 4 is 16.9 Å². The lowest BCUT2D eigenvalue weighted by Gasteiger charge is -2.15. The highest BCUT2D eigenvalue weighted by atomic mass is 16.1. The molecule has 3 rings (SSSR count). The molecule has 1 aromatic heterocycles. The van der Waals surface area contributed by atoms with Gasteiger partial charge in [0.2, 0.25) is 0 Å². The van der Waals surface area contributed by atoms with Crippen LogP contribution in [0.2, 0.25) is 0 Å². The van der Waals surface area contributed by atoms with Crippen molar-refractivity contribution in [2.75, 3.05) is 0 Å². The minimum atomic E-state index is -0.0620. The Labute approximate surface area is 142 Å². The molecular weight excluding hydrogens is 298 g/mol. The Hall–Kier alpha value is -2.62. The third-order valence-electron chi connectivity index (χ3n) is 4.23. The van der Waals surface area contributed by atoms with Gasteiger partial charge in [-0.1, -0.05) is 29.8 Å². The largest absolute Gasteiger partial charge is 0.350 e. The van der Waals surface area contributed by atoms with Crippen molar-refractivity contribution in [2.45, 2.75) is 39.8 Å². The van der Waals surface area contributed by atoms with Crippen molar-refractivity contribution in [1.29, 1.82) is 0 Å². The van der Waals surface area contributed by atoms with Crippen LogP contribution in [0.15, 0.2) is 48.8 Å². The predicted octanol–water partition coefficient (Wildman–Crippen LogP) is 4.09. The van der Waals surface area contributed by atoms with Crippen molar-refractivity contribution in [3.63, 3.8) is 0 Å². The van der Waals surface area contributed by atoms with Gasteiger partial charge in [-0.3, -0.25) is 4.79 Å². The van der Waals surface area contributed by atoms with Gasteiger partial charge < -0.3 is 9.88 Å². The van der Waals surface area contributed by atoms with Crippen LogP contribution in [0.5, 0.6) is 0 Å². The van der Waals surface area contributed by atoms with E-state index in [0.29, 0.717) is 5.56 Å². The molecule has 4 heteroatoms. The van der Waals surface area contributed by atoms with E-state index in [1.54, 1.807) is 0 Å². The van der Waals surface area contributed by atoms with E-state index >= 15 is 0 Å². The summed E-state index contributed by atoms with van der Waals surface area (Å²) < 4.78 is 2.14. The van der Waals surface area contributed by atoms with E-state index in [0.717, 1.165) is 11.0 Å². The minimum Gasteiger partial charge on any atom is -0.350 e. The first-order chi connectivity index (χ1) is 11.5. The molecule has 0 aliphatic carbocycles. The van der Waals surface area contributed by atoms with Gasteiger partial charge in [-0.05, 0) is 51.5 Å². The zero-order valence-electron chi connectivity index (χ0n) is 14.6. The van der Waals surface area contributed by atoms with Crippen LogP contribution < -0.4 is 5.32 Å². The van der Waals surface area contributed by atoms with Crippen LogP contribution in [0.25, 0.3) is 11.0 Å². The molecule has 0 aliphatic rings. The van der Waals surface area contributed by atoms with E-state index in [2.05, 4.69) is 53.0 Å². The molecule has 0 aliphatic heterocycles. The molecule has 24 heavy (non-hydrogen) atoms. The van der Waals surface area contributed by atoms with Crippen LogP contribution in [0.3, 0.4) is 0 Å². The average molecular weight is 321 g/mol. The van der Waals surface area contributed by atoms with Gasteiger partial charge in [0.1, 0.15) is 0 Å². The molecule has 0 spiro atoms. The highest BCUT2D eigenvalue weighted by molar-refractivity contribution is 5.97. The first kappa shape index (κ1) is 16.2. The number of rotatable bonds is 4. The second-order valence-electron chi connectivity index (χ2n) is 6.57. The van der Waals surface area contributed by atoms with Crippen LogP contribution in [0.1, 0.15) is 48.3 Å². The third kappa shape index (κ3) is 3.18. The molecule has 0 fully saturated rings. The average Bonchev–Trinajstić information content (AvgIpc) is 2.97. The quantitative estimate of drug-likeness (QED) is 0.786. The fourth-order valence-corrected chi connectivity index (χ4v) is 2.83. The van der Waals surface area contributed by atoms with Crippen molar-refractivity contribution in [1.82, 2.24) is 14.9 Å². The number of imidazole rings is 1. The number of hydrogen-bond acceptors (Lipinski definition) is 2. The maximum Gasteiger partial charge on any atom is 0.251 e. The summed E-state index contributed by atoms with van der Waals surface area (Å²) in [6.45, 7) is 8.15. The zero-order chi connectivity index (χ0) is 17.3. The topological polar surface area (TPSA) is 46.9 Å². The van der Waals surface area contributed by atoms with Gasteiger partial charge in [-0.2, -0.15) is 0 Å². The van der Waals surface area contributed by atoms with Crippen LogP contribution in [-0.4, -0.2) is 21.5 Å². The molecule has 2 aromatic carbocycles. The van der Waals surface area contributed by atoms with E-state index in [1.807, 2.05) is 38.4 Å². The summed E-state index contributed by atoms with van der Waals surface area (Å²) in [5.41, 5.74) is 5.00. The maximum absolute atomic E-state index is 12.1.